The van der Waals surface area contributed by atoms with Gasteiger partial charge in [-0.3, -0.25) is 9.59 Å². The summed E-state index contributed by atoms with van der Waals surface area (Å²) in [6.07, 6.45) is 3.33. The molecule has 0 saturated heterocycles. The molecule has 0 aliphatic rings. The Morgan fingerprint density at radius 2 is 1.55 bits per heavy atom. The molecule has 1 unspecified atom stereocenters. The molecule has 0 bridgehead atoms. The fourth-order valence-electron chi connectivity index (χ4n) is 3.73. The van der Waals surface area contributed by atoms with Crippen molar-refractivity contribution in [2.24, 2.45) is 0 Å². The molecule has 0 aliphatic carbocycles. The van der Waals surface area contributed by atoms with Crippen LogP contribution in [-0.4, -0.2) is 35.8 Å². The largest absolute Gasteiger partial charge is 0.354 e. The van der Waals surface area contributed by atoms with Gasteiger partial charge in [0.1, 0.15) is 6.04 Å². The first-order valence-corrected chi connectivity index (χ1v) is 11.7. The number of aryl methyl sites for hydroxylation is 1. The van der Waals surface area contributed by atoms with Crippen LogP contribution in [0, 0.1) is 0 Å². The number of carbonyl (C=O) groups is 2. The van der Waals surface area contributed by atoms with Gasteiger partial charge in [0.25, 0.3) is 0 Å². The number of amides is 2. The van der Waals surface area contributed by atoms with Crippen LogP contribution in [0.25, 0.3) is 0 Å². The highest BCUT2D eigenvalue weighted by Crippen LogP contribution is 2.17. The molecule has 1 atom stereocenters. The van der Waals surface area contributed by atoms with Gasteiger partial charge >= 0.3 is 0 Å². The van der Waals surface area contributed by atoms with E-state index in [1.807, 2.05) is 32.0 Å². The van der Waals surface area contributed by atoms with Crippen molar-refractivity contribution in [1.29, 1.82) is 0 Å². The van der Waals surface area contributed by atoms with Gasteiger partial charge in [0.2, 0.25) is 11.8 Å². The summed E-state index contributed by atoms with van der Waals surface area (Å²) >= 11 is 0. The Bertz CT molecular complexity index is 800. The first-order chi connectivity index (χ1) is 15.0. The summed E-state index contributed by atoms with van der Waals surface area (Å²) in [5, 5.41) is 2.97. The third-order valence-electron chi connectivity index (χ3n) is 5.69. The molecular weight excluding hydrogens is 384 g/mol. The van der Waals surface area contributed by atoms with Crippen molar-refractivity contribution >= 4 is 11.8 Å². The number of nitrogens with one attached hydrogen (secondary N) is 1. The number of hydrogen-bond acceptors (Lipinski definition) is 2. The summed E-state index contributed by atoms with van der Waals surface area (Å²) in [4.78, 5) is 27.8. The number of nitrogens with zero attached hydrogens (tertiary/aromatic N) is 1. The van der Waals surface area contributed by atoms with Crippen molar-refractivity contribution in [3.8, 4) is 0 Å². The van der Waals surface area contributed by atoms with Gasteiger partial charge in [-0.05, 0) is 48.3 Å². The molecule has 1 N–H and O–H groups in total. The highest BCUT2D eigenvalue weighted by molar-refractivity contribution is 5.87. The Hall–Kier alpha value is -2.62. The van der Waals surface area contributed by atoms with Gasteiger partial charge < -0.3 is 10.2 Å². The van der Waals surface area contributed by atoms with Crippen LogP contribution in [0.5, 0.6) is 0 Å². The van der Waals surface area contributed by atoms with Crippen LogP contribution in [0.3, 0.4) is 0 Å². The van der Waals surface area contributed by atoms with E-state index in [1.54, 1.807) is 4.90 Å². The second kappa shape index (κ2) is 12.9. The fourth-order valence-corrected chi connectivity index (χ4v) is 3.73. The lowest BCUT2D eigenvalue weighted by atomic mass is 10.00. The Morgan fingerprint density at radius 1 is 0.903 bits per heavy atom. The molecular formula is C27H38N2O2. The van der Waals surface area contributed by atoms with Gasteiger partial charge in [0.05, 0.1) is 0 Å². The predicted molar refractivity (Wildman–Crippen MR) is 128 cm³/mol. The van der Waals surface area contributed by atoms with E-state index in [2.05, 4.69) is 55.6 Å². The van der Waals surface area contributed by atoms with Crippen LogP contribution in [0.2, 0.25) is 0 Å². The summed E-state index contributed by atoms with van der Waals surface area (Å²) < 4.78 is 0. The van der Waals surface area contributed by atoms with Gasteiger partial charge in [0, 0.05) is 19.5 Å². The molecule has 0 radical (unpaired) electrons. The smallest absolute Gasteiger partial charge is 0.242 e. The van der Waals surface area contributed by atoms with Crippen LogP contribution in [-0.2, 0) is 22.4 Å². The van der Waals surface area contributed by atoms with Crippen molar-refractivity contribution in [1.82, 2.24) is 10.2 Å². The lowest BCUT2D eigenvalue weighted by Gasteiger charge is -2.30. The first-order valence-electron chi connectivity index (χ1n) is 11.7. The lowest BCUT2D eigenvalue weighted by Crippen LogP contribution is -2.50. The Morgan fingerprint density at radius 3 is 2.13 bits per heavy atom. The van der Waals surface area contributed by atoms with E-state index < -0.39 is 6.04 Å². The summed E-state index contributed by atoms with van der Waals surface area (Å²) in [7, 11) is 0. The van der Waals surface area contributed by atoms with Crippen molar-refractivity contribution in [3.05, 3.63) is 71.3 Å². The lowest BCUT2D eigenvalue weighted by molar-refractivity contribution is -0.140. The maximum Gasteiger partial charge on any atom is 0.242 e. The van der Waals surface area contributed by atoms with Crippen molar-refractivity contribution < 1.29 is 9.59 Å². The van der Waals surface area contributed by atoms with Crippen LogP contribution < -0.4 is 5.32 Å². The summed E-state index contributed by atoms with van der Waals surface area (Å²) in [6.45, 7) is 9.55. The zero-order valence-electron chi connectivity index (χ0n) is 19.6. The summed E-state index contributed by atoms with van der Waals surface area (Å²) in [5.41, 5.74) is 3.64. The van der Waals surface area contributed by atoms with Crippen molar-refractivity contribution in [2.45, 2.75) is 71.8 Å². The van der Waals surface area contributed by atoms with E-state index in [4.69, 9.17) is 0 Å². The minimum Gasteiger partial charge on any atom is -0.354 e. The molecule has 4 nitrogen and oxygen atoms in total. The molecule has 2 amide bonds. The van der Waals surface area contributed by atoms with Gasteiger partial charge in [-0.15, -0.1) is 0 Å². The minimum absolute atomic E-state index is 0.0439. The number of hydrogen-bond donors (Lipinski definition) is 1. The zero-order chi connectivity index (χ0) is 22.6. The minimum atomic E-state index is -0.425. The quantitative estimate of drug-likeness (QED) is 0.516. The SMILES string of the molecule is CCCNC(=O)C(CC)N(CCc1ccccc1)C(=O)CCc1ccc(C(C)C)cc1. The highest BCUT2D eigenvalue weighted by Gasteiger charge is 2.27. The number of rotatable bonds is 12. The average molecular weight is 423 g/mol. The standard InChI is InChI=1S/C27H38N2O2/c1-5-19-28-27(31)25(6-2)29(20-18-22-10-8-7-9-11-22)26(30)17-14-23-12-15-24(16-13-23)21(3)4/h7-13,15-16,21,25H,5-6,14,17-20H2,1-4H3,(H,28,31). The fraction of sp³-hybridized carbons (Fsp3) is 0.481. The molecule has 168 valence electrons. The summed E-state index contributed by atoms with van der Waals surface area (Å²) in [5.74, 6) is 0.491. The molecule has 2 aromatic carbocycles. The van der Waals surface area contributed by atoms with Crippen molar-refractivity contribution in [3.63, 3.8) is 0 Å². The maximum absolute atomic E-state index is 13.2. The monoisotopic (exact) mass is 422 g/mol. The number of carbonyl (C=O) groups excluding carboxylic acids is 2. The van der Waals surface area contributed by atoms with Crippen LogP contribution in [0.15, 0.2) is 54.6 Å². The molecule has 0 fully saturated rings. The van der Waals surface area contributed by atoms with Crippen LogP contribution in [0.4, 0.5) is 0 Å². The van der Waals surface area contributed by atoms with E-state index in [9.17, 15) is 9.59 Å². The third-order valence-corrected chi connectivity index (χ3v) is 5.69. The molecule has 0 saturated carbocycles. The topological polar surface area (TPSA) is 49.4 Å². The van der Waals surface area contributed by atoms with Crippen molar-refractivity contribution in [2.75, 3.05) is 13.1 Å². The normalized spacial score (nSPS) is 11.9. The molecule has 0 spiro atoms. The zero-order valence-corrected chi connectivity index (χ0v) is 19.6. The maximum atomic E-state index is 13.2. The Kier molecular flexibility index (Phi) is 10.3. The second-order valence-corrected chi connectivity index (χ2v) is 8.43. The predicted octanol–water partition coefficient (Wildman–Crippen LogP) is 5.12. The molecule has 0 heterocycles. The van der Waals surface area contributed by atoms with Crippen LogP contribution in [0.1, 0.15) is 69.6 Å². The summed E-state index contributed by atoms with van der Waals surface area (Å²) in [6, 6.07) is 18.2. The first kappa shape index (κ1) is 24.6. The van der Waals surface area contributed by atoms with Gasteiger partial charge in [-0.2, -0.15) is 0 Å². The van der Waals surface area contributed by atoms with E-state index in [1.165, 1.54) is 11.1 Å². The molecule has 2 rings (SSSR count). The third kappa shape index (κ3) is 7.86. The number of benzene rings is 2. The van der Waals surface area contributed by atoms with E-state index >= 15 is 0 Å². The molecule has 0 aromatic heterocycles. The Balaban J connectivity index is 2.08. The molecule has 2 aromatic rings. The van der Waals surface area contributed by atoms with E-state index in [0.29, 0.717) is 38.3 Å². The van der Waals surface area contributed by atoms with Gasteiger partial charge in [-0.1, -0.05) is 82.3 Å². The Labute approximate surface area is 188 Å². The van der Waals surface area contributed by atoms with Gasteiger partial charge in [0.15, 0.2) is 0 Å². The molecule has 4 heteroatoms. The van der Waals surface area contributed by atoms with Crippen LogP contribution >= 0.6 is 0 Å². The molecule has 0 aliphatic heterocycles. The second-order valence-electron chi connectivity index (χ2n) is 8.43. The molecule has 31 heavy (non-hydrogen) atoms. The van der Waals surface area contributed by atoms with E-state index in [-0.39, 0.29) is 11.8 Å². The van der Waals surface area contributed by atoms with Gasteiger partial charge in [-0.25, -0.2) is 0 Å². The van der Waals surface area contributed by atoms with E-state index in [0.717, 1.165) is 18.4 Å². The average Bonchev–Trinajstić information content (AvgIpc) is 2.79. The highest BCUT2D eigenvalue weighted by atomic mass is 16.2.